The smallest absolute Gasteiger partial charge is 0.315 e. The molecule has 3 aromatic rings. The predicted molar refractivity (Wildman–Crippen MR) is 121 cm³/mol. The van der Waals surface area contributed by atoms with E-state index in [0.29, 0.717) is 13.1 Å². The van der Waals surface area contributed by atoms with Crippen LogP contribution in [-0.2, 0) is 19.6 Å². The van der Waals surface area contributed by atoms with Gasteiger partial charge in [0.2, 0.25) is 0 Å². The van der Waals surface area contributed by atoms with Crippen LogP contribution in [-0.4, -0.2) is 32.1 Å². The van der Waals surface area contributed by atoms with Crippen LogP contribution in [0.15, 0.2) is 72.8 Å². The van der Waals surface area contributed by atoms with Crippen LogP contribution in [0, 0.1) is 0 Å². The summed E-state index contributed by atoms with van der Waals surface area (Å²) in [6.45, 7) is 1.77. The Balaban J connectivity index is 1.61. The lowest BCUT2D eigenvalue weighted by molar-refractivity contribution is 0.240. The predicted octanol–water partition coefficient (Wildman–Crippen LogP) is 4.42. The summed E-state index contributed by atoms with van der Waals surface area (Å²) in [6, 6.07) is 24.2. The van der Waals surface area contributed by atoms with Crippen molar-refractivity contribution in [2.24, 2.45) is 0 Å². The zero-order valence-electron chi connectivity index (χ0n) is 17.8. The first-order valence-corrected chi connectivity index (χ1v) is 10.0. The number of nitrogens with one attached hydrogen (secondary N) is 2. The second-order valence-electron chi connectivity index (χ2n) is 7.44. The molecule has 2 N–H and O–H groups in total. The van der Waals surface area contributed by atoms with Gasteiger partial charge in [0.25, 0.3) is 0 Å². The van der Waals surface area contributed by atoms with Crippen LogP contribution in [0.1, 0.15) is 16.7 Å². The van der Waals surface area contributed by atoms with Gasteiger partial charge in [-0.1, -0.05) is 66.7 Å². The molecule has 0 radical (unpaired) electrons. The van der Waals surface area contributed by atoms with Crippen molar-refractivity contribution < 1.29 is 9.53 Å². The Morgan fingerprint density at radius 3 is 2.10 bits per heavy atom. The molecule has 0 aliphatic carbocycles. The average molecular weight is 404 g/mol. The molecule has 0 atom stereocenters. The molecule has 30 heavy (non-hydrogen) atoms. The molecule has 0 bridgehead atoms. The van der Waals surface area contributed by atoms with E-state index in [4.69, 9.17) is 4.74 Å². The second kappa shape index (κ2) is 10.5. The second-order valence-corrected chi connectivity index (χ2v) is 7.44. The van der Waals surface area contributed by atoms with E-state index in [1.807, 2.05) is 42.5 Å². The first-order chi connectivity index (χ1) is 14.6. The molecule has 3 rings (SSSR count). The van der Waals surface area contributed by atoms with Crippen molar-refractivity contribution in [3.8, 4) is 16.9 Å². The fourth-order valence-corrected chi connectivity index (χ4v) is 3.37. The van der Waals surface area contributed by atoms with E-state index >= 15 is 0 Å². The lowest BCUT2D eigenvalue weighted by atomic mass is 9.98. The fraction of sp³-hybridized carbons (Fsp3) is 0.240. The normalized spacial score (nSPS) is 10.7. The van der Waals surface area contributed by atoms with Gasteiger partial charge in [0.15, 0.2) is 0 Å². The molecular formula is C25H29N3O2. The summed E-state index contributed by atoms with van der Waals surface area (Å²) < 4.78 is 5.33. The van der Waals surface area contributed by atoms with Crippen molar-refractivity contribution in [2.75, 3.05) is 21.2 Å². The number of ether oxygens (including phenoxy) is 1. The summed E-state index contributed by atoms with van der Waals surface area (Å²) in [6.07, 6.45) is 0. The van der Waals surface area contributed by atoms with Gasteiger partial charge >= 0.3 is 6.03 Å². The number of rotatable bonds is 8. The minimum absolute atomic E-state index is 0.211. The van der Waals surface area contributed by atoms with Crippen LogP contribution in [0.5, 0.6) is 5.75 Å². The molecule has 0 spiro atoms. The van der Waals surface area contributed by atoms with Gasteiger partial charge in [-0.3, -0.25) is 0 Å². The number of para-hydroxylation sites is 1. The Labute approximate surface area is 178 Å². The van der Waals surface area contributed by atoms with E-state index in [9.17, 15) is 4.79 Å². The summed E-state index contributed by atoms with van der Waals surface area (Å²) >= 11 is 0. The highest BCUT2D eigenvalue weighted by Crippen LogP contribution is 2.24. The van der Waals surface area contributed by atoms with E-state index in [2.05, 4.69) is 60.0 Å². The molecule has 0 aromatic heterocycles. The van der Waals surface area contributed by atoms with Crippen LogP contribution >= 0.6 is 0 Å². The van der Waals surface area contributed by atoms with Gasteiger partial charge in [0.05, 0.1) is 7.11 Å². The van der Waals surface area contributed by atoms with Crippen molar-refractivity contribution in [1.29, 1.82) is 0 Å². The molecule has 0 saturated carbocycles. The van der Waals surface area contributed by atoms with E-state index < -0.39 is 0 Å². The number of carbonyl (C=O) groups is 1. The fourth-order valence-electron chi connectivity index (χ4n) is 3.37. The Hall–Kier alpha value is -3.31. The van der Waals surface area contributed by atoms with Crippen LogP contribution in [0.3, 0.4) is 0 Å². The van der Waals surface area contributed by atoms with Crippen molar-refractivity contribution in [3.05, 3.63) is 89.5 Å². The number of hydrogen-bond donors (Lipinski definition) is 2. The zero-order chi connectivity index (χ0) is 21.3. The zero-order valence-corrected chi connectivity index (χ0v) is 17.8. The van der Waals surface area contributed by atoms with E-state index in [0.717, 1.165) is 34.5 Å². The third kappa shape index (κ3) is 5.84. The number of hydrogen-bond acceptors (Lipinski definition) is 3. The Bertz CT molecular complexity index is 968. The van der Waals surface area contributed by atoms with Crippen LogP contribution in [0.4, 0.5) is 4.79 Å². The van der Waals surface area contributed by atoms with Gasteiger partial charge in [-0.25, -0.2) is 4.79 Å². The van der Waals surface area contributed by atoms with Crippen molar-refractivity contribution in [1.82, 2.24) is 15.5 Å². The molecule has 0 heterocycles. The first kappa shape index (κ1) is 21.4. The molecule has 5 heteroatoms. The van der Waals surface area contributed by atoms with Crippen LogP contribution < -0.4 is 15.4 Å². The topological polar surface area (TPSA) is 53.6 Å². The van der Waals surface area contributed by atoms with Crippen molar-refractivity contribution >= 4 is 6.03 Å². The molecule has 5 nitrogen and oxygen atoms in total. The molecule has 0 unspecified atom stereocenters. The maximum Gasteiger partial charge on any atom is 0.315 e. The van der Waals surface area contributed by atoms with E-state index in [1.54, 1.807) is 7.11 Å². The number of benzene rings is 3. The average Bonchev–Trinajstić information content (AvgIpc) is 2.77. The number of nitrogens with zero attached hydrogens (tertiary/aromatic N) is 1. The quantitative estimate of drug-likeness (QED) is 0.585. The summed E-state index contributed by atoms with van der Waals surface area (Å²) in [5.74, 6) is 0.765. The highest BCUT2D eigenvalue weighted by Gasteiger charge is 2.08. The summed E-state index contributed by atoms with van der Waals surface area (Å²) in [7, 11) is 5.75. The largest absolute Gasteiger partial charge is 0.496 e. The van der Waals surface area contributed by atoms with Gasteiger partial charge in [-0.15, -0.1) is 0 Å². The lowest BCUT2D eigenvalue weighted by Gasteiger charge is -2.14. The highest BCUT2D eigenvalue weighted by atomic mass is 16.5. The van der Waals surface area contributed by atoms with Gasteiger partial charge in [0.1, 0.15) is 5.75 Å². The molecule has 2 amide bonds. The molecule has 0 saturated heterocycles. The maximum absolute atomic E-state index is 12.3. The first-order valence-electron chi connectivity index (χ1n) is 10.0. The number of carbonyl (C=O) groups excluding carboxylic acids is 1. The maximum atomic E-state index is 12.3. The third-order valence-corrected chi connectivity index (χ3v) is 4.85. The third-order valence-electron chi connectivity index (χ3n) is 4.85. The minimum Gasteiger partial charge on any atom is -0.496 e. The van der Waals surface area contributed by atoms with Crippen molar-refractivity contribution in [3.63, 3.8) is 0 Å². The Morgan fingerprint density at radius 1 is 0.833 bits per heavy atom. The van der Waals surface area contributed by atoms with Crippen molar-refractivity contribution in [2.45, 2.75) is 19.6 Å². The molecule has 3 aromatic carbocycles. The molecule has 0 fully saturated rings. The number of urea groups is 1. The number of methoxy groups -OCH3 is 1. The molecular weight excluding hydrogens is 374 g/mol. The van der Waals surface area contributed by atoms with Gasteiger partial charge < -0.3 is 20.3 Å². The lowest BCUT2D eigenvalue weighted by Crippen LogP contribution is -2.34. The number of amides is 2. The van der Waals surface area contributed by atoms with Gasteiger partial charge in [0, 0.05) is 25.2 Å². The summed E-state index contributed by atoms with van der Waals surface area (Å²) in [4.78, 5) is 14.5. The monoisotopic (exact) mass is 403 g/mol. The SMILES string of the molecule is COc1ccccc1CNC(=O)NCc1ccccc1-c1ccc(CN(C)C)cc1. The molecule has 156 valence electrons. The van der Waals surface area contributed by atoms with Crippen LogP contribution in [0.2, 0.25) is 0 Å². The van der Waals surface area contributed by atoms with E-state index in [1.165, 1.54) is 5.56 Å². The van der Waals surface area contributed by atoms with Gasteiger partial charge in [-0.2, -0.15) is 0 Å². The van der Waals surface area contributed by atoms with E-state index in [-0.39, 0.29) is 6.03 Å². The highest BCUT2D eigenvalue weighted by molar-refractivity contribution is 5.75. The summed E-state index contributed by atoms with van der Waals surface area (Å²) in [5.41, 5.74) is 5.55. The van der Waals surface area contributed by atoms with Gasteiger partial charge in [-0.05, 0) is 42.4 Å². The van der Waals surface area contributed by atoms with Crippen LogP contribution in [0.25, 0.3) is 11.1 Å². The standard InChI is InChI=1S/C25H29N3O2/c1-28(2)18-19-12-14-20(15-13-19)23-10-6-4-8-21(23)16-26-25(29)27-17-22-9-5-7-11-24(22)30-3/h4-15H,16-18H2,1-3H3,(H2,26,27,29). The Morgan fingerprint density at radius 2 is 1.43 bits per heavy atom. The Kier molecular flexibility index (Phi) is 7.46. The molecule has 0 aliphatic heterocycles. The molecule has 0 aliphatic rings. The summed E-state index contributed by atoms with van der Waals surface area (Å²) in [5, 5.41) is 5.85. The minimum atomic E-state index is -0.211.